The molecule has 12 bridgehead atoms. The van der Waals surface area contributed by atoms with E-state index in [2.05, 4.69) is 61.3 Å². The molecule has 87 heavy (non-hydrogen) atoms. The van der Waals surface area contributed by atoms with Gasteiger partial charge >= 0.3 is 5.97 Å². The Balaban J connectivity index is 0.686. The molecule has 32 atom stereocenters. The second-order valence-electron chi connectivity index (χ2n) is 29.4. The molecule has 486 valence electrons. The average molecular weight is 1220 g/mol. The third-order valence-corrected chi connectivity index (χ3v) is 23.5. The van der Waals surface area contributed by atoms with Crippen molar-refractivity contribution in [1.29, 1.82) is 0 Å². The Morgan fingerprint density at radius 2 is 1.38 bits per heavy atom. The van der Waals surface area contributed by atoms with E-state index >= 15 is 0 Å². The van der Waals surface area contributed by atoms with Crippen molar-refractivity contribution in [2.75, 3.05) is 20.8 Å². The maximum Gasteiger partial charge on any atom is 0.308 e. The molecule has 0 radical (unpaired) electrons. The lowest BCUT2D eigenvalue weighted by molar-refractivity contribution is -0.374. The van der Waals surface area contributed by atoms with Crippen molar-refractivity contribution >= 4 is 11.8 Å². The smallest absolute Gasteiger partial charge is 0.308 e. The second-order valence-corrected chi connectivity index (χ2v) is 29.4. The minimum atomic E-state index is -1.08. The Bertz CT molecular complexity index is 2550. The van der Waals surface area contributed by atoms with Crippen LogP contribution in [0, 0.1) is 29.6 Å². The monoisotopic (exact) mass is 1220 g/mol. The van der Waals surface area contributed by atoms with Gasteiger partial charge in [0.15, 0.2) is 11.6 Å². The highest BCUT2D eigenvalue weighted by Gasteiger charge is 2.75. The van der Waals surface area contributed by atoms with Crippen molar-refractivity contribution in [2.45, 2.75) is 327 Å². The van der Waals surface area contributed by atoms with Gasteiger partial charge in [-0.1, -0.05) is 67.2 Å². The third kappa shape index (κ3) is 11.6. The standard InChI is InChI=1S/C68H100O19/c1-12-20-73-68-32-66-19-18-43-22-35(5)44(74-43)16-14-41-21-34(4)38(8)47(75-41)27-52-60(82-56(70)25-42-15-17-45-61(76-42)62(85-66)63(86-68)64(79-45)65(68)87-66)39(9)59-53(78-52)28-48(71-10)49(81-59)23-40(69)24-54-57(72-11)36(6)30-67(83-54)31-37(7)58-55(84-67)29-50-51(80-58)26-46(77-50)33(3)13-2/h12,33-34,36-37,39,41-55,57-65H,1,5,8,13-32H2,2-4,6-7,9-11H3/t33-,34+,36-,37-,39-,41-,42+,43-,44-,45-,46-,47?,48+,49+,50+,51+,52-,53-,54-,55-,57-,58?,59-,60+,61-,62-,63?,64?,65-,66?,67+,68-/m0/s1. The molecule has 15 heterocycles. The number of fused-ring (bicyclic) bond motifs is 9. The first kappa shape index (κ1) is 62.2. The van der Waals surface area contributed by atoms with Crippen molar-refractivity contribution in [1.82, 2.24) is 0 Å². The predicted molar refractivity (Wildman–Crippen MR) is 312 cm³/mol. The highest BCUT2D eigenvalue weighted by Crippen LogP contribution is 2.60. The fraction of sp³-hybridized carbons (Fsp3) is 0.882. The summed E-state index contributed by atoms with van der Waals surface area (Å²) in [4.78, 5) is 29.5. The minimum Gasteiger partial charge on any atom is -0.459 e. The summed E-state index contributed by atoms with van der Waals surface area (Å²) in [6, 6.07) is 0. The molecule has 0 aromatic carbocycles. The van der Waals surface area contributed by atoms with Gasteiger partial charge in [0.05, 0.1) is 129 Å². The van der Waals surface area contributed by atoms with Crippen LogP contribution in [0.15, 0.2) is 37.0 Å². The highest BCUT2D eigenvalue weighted by atomic mass is 16.8. The molecule has 2 spiro atoms. The van der Waals surface area contributed by atoms with Crippen LogP contribution >= 0.6 is 0 Å². The van der Waals surface area contributed by atoms with Crippen molar-refractivity contribution < 1.29 is 90.1 Å². The molecule has 0 aliphatic carbocycles. The molecule has 15 saturated heterocycles. The van der Waals surface area contributed by atoms with Crippen LogP contribution in [0.25, 0.3) is 0 Å². The maximum atomic E-state index is 14.8. The Hall–Kier alpha value is -2.28. The molecule has 0 aromatic rings. The van der Waals surface area contributed by atoms with Gasteiger partial charge in [-0.25, -0.2) is 0 Å². The highest BCUT2D eigenvalue weighted by molar-refractivity contribution is 5.79. The second kappa shape index (κ2) is 24.6. The first-order valence-electron chi connectivity index (χ1n) is 33.9. The summed E-state index contributed by atoms with van der Waals surface area (Å²) in [6.07, 6.45) is 4.79. The summed E-state index contributed by atoms with van der Waals surface area (Å²) in [6.45, 7) is 26.5. The summed E-state index contributed by atoms with van der Waals surface area (Å²) in [5, 5.41) is 0. The molecule has 15 aliphatic heterocycles. The number of ether oxygens (including phenoxy) is 17. The van der Waals surface area contributed by atoms with Gasteiger partial charge in [-0.3, -0.25) is 9.59 Å². The molecule has 15 fully saturated rings. The Morgan fingerprint density at radius 1 is 0.632 bits per heavy atom. The Kier molecular flexibility index (Phi) is 17.6. The summed E-state index contributed by atoms with van der Waals surface area (Å²) in [5.41, 5.74) is 2.09. The van der Waals surface area contributed by atoms with E-state index in [4.69, 9.17) is 80.5 Å². The molecule has 0 N–H and O–H groups in total. The predicted octanol–water partition coefficient (Wildman–Crippen LogP) is 8.66. The van der Waals surface area contributed by atoms with E-state index in [0.29, 0.717) is 63.7 Å². The third-order valence-electron chi connectivity index (χ3n) is 23.5. The summed E-state index contributed by atoms with van der Waals surface area (Å²) < 4.78 is 116. The zero-order chi connectivity index (χ0) is 60.4. The number of hydrogen-bond donors (Lipinski definition) is 0. The number of rotatable bonds is 11. The molecular weight excluding hydrogens is 1120 g/mol. The van der Waals surface area contributed by atoms with Crippen molar-refractivity contribution in [2.24, 2.45) is 29.6 Å². The quantitative estimate of drug-likeness (QED) is 0.141. The molecule has 0 amide bonds. The molecule has 19 nitrogen and oxygen atoms in total. The lowest BCUT2D eigenvalue weighted by Gasteiger charge is -2.55. The molecule has 15 aliphatic rings. The zero-order valence-electron chi connectivity index (χ0n) is 52.8. The zero-order valence-corrected chi connectivity index (χ0v) is 52.8. The first-order chi connectivity index (χ1) is 41.9. The van der Waals surface area contributed by atoms with E-state index in [-0.39, 0.29) is 122 Å². The van der Waals surface area contributed by atoms with Crippen molar-refractivity contribution in [3.63, 3.8) is 0 Å². The summed E-state index contributed by atoms with van der Waals surface area (Å²) in [7, 11) is 3.37. The molecule has 15 rings (SSSR count). The van der Waals surface area contributed by atoms with Crippen LogP contribution in [0.4, 0.5) is 0 Å². The number of carbonyl (C=O) groups is 2. The number of esters is 1. The summed E-state index contributed by atoms with van der Waals surface area (Å²) >= 11 is 0. The largest absolute Gasteiger partial charge is 0.459 e. The van der Waals surface area contributed by atoms with Gasteiger partial charge in [0.1, 0.15) is 42.4 Å². The van der Waals surface area contributed by atoms with E-state index in [0.717, 1.165) is 56.1 Å². The number of ketones is 1. The van der Waals surface area contributed by atoms with E-state index in [1.165, 1.54) is 0 Å². The van der Waals surface area contributed by atoms with Crippen LogP contribution in [0.2, 0.25) is 0 Å². The Morgan fingerprint density at radius 3 is 2.18 bits per heavy atom. The van der Waals surface area contributed by atoms with E-state index in [1.807, 2.05) is 0 Å². The van der Waals surface area contributed by atoms with Gasteiger partial charge in [0.2, 0.25) is 5.79 Å². The van der Waals surface area contributed by atoms with Gasteiger partial charge in [-0.15, -0.1) is 6.58 Å². The Labute approximate surface area is 514 Å². The first-order valence-corrected chi connectivity index (χ1v) is 33.9. The average Bonchev–Trinajstić information content (AvgIpc) is 1.54. The lowest BCUT2D eigenvalue weighted by Crippen LogP contribution is -2.63. The van der Waals surface area contributed by atoms with E-state index in [9.17, 15) is 9.59 Å². The molecule has 5 unspecified atom stereocenters. The van der Waals surface area contributed by atoms with Crippen molar-refractivity contribution in [3.8, 4) is 0 Å². The van der Waals surface area contributed by atoms with Crippen LogP contribution in [0.3, 0.4) is 0 Å². The van der Waals surface area contributed by atoms with Crippen LogP contribution in [0.5, 0.6) is 0 Å². The van der Waals surface area contributed by atoms with Crippen LogP contribution in [-0.4, -0.2) is 196 Å². The lowest BCUT2D eigenvalue weighted by atomic mass is 9.77. The van der Waals surface area contributed by atoms with Gasteiger partial charge in [0, 0.05) is 77.9 Å². The SMILES string of the molecule is C=CCO[C@@]12CC34CC[C@H]5CC(=C)[C@H](CC[C@H]6C[C@@H](C)C(=C)C(C[C@@H]7O[C@H]8C[C@@H](OC)[C@@H](CC(=O)C[C@@H]9O[C@]%10(C[C@H](C)C%11O[C@@H]%12C[C@@H]([C@@H](C)CC)O[C@@H]%12C[C@@H]%11O%10)C[C@H](C)[C@@H]9OC)O[C@H]8[C@H](C)[C@H]7OC(=O)C[C@H]7CC[C@@H]8OC(C(O1)[C@@H](O3)[C@H]8O7)[C@@H]2O4)O6)O5. The van der Waals surface area contributed by atoms with Gasteiger partial charge in [-0.2, -0.15) is 0 Å². The fourth-order valence-electron chi connectivity index (χ4n) is 18.9. The van der Waals surface area contributed by atoms with Crippen LogP contribution in [0.1, 0.15) is 164 Å². The van der Waals surface area contributed by atoms with Crippen LogP contribution in [-0.2, 0) is 90.1 Å². The number of methoxy groups -OCH3 is 2. The molecule has 0 saturated carbocycles. The van der Waals surface area contributed by atoms with E-state index < -0.39 is 103 Å². The molecule has 19 heteroatoms. The van der Waals surface area contributed by atoms with Crippen molar-refractivity contribution in [3.05, 3.63) is 37.0 Å². The summed E-state index contributed by atoms with van der Waals surface area (Å²) in [5.74, 6) is -2.90. The van der Waals surface area contributed by atoms with Gasteiger partial charge in [-0.05, 0) is 79.8 Å². The number of hydrogen-bond acceptors (Lipinski definition) is 19. The van der Waals surface area contributed by atoms with Crippen LogP contribution < -0.4 is 0 Å². The topological polar surface area (TPSA) is 191 Å². The molecule has 0 aromatic heterocycles. The number of carbonyl (C=O) groups excluding carboxylic acids is 2. The van der Waals surface area contributed by atoms with E-state index in [1.54, 1.807) is 20.3 Å². The van der Waals surface area contributed by atoms with Gasteiger partial charge in [0.25, 0.3) is 0 Å². The fourth-order valence-corrected chi connectivity index (χ4v) is 18.9. The normalized spacial score (nSPS) is 53.1. The molecular formula is C68H100O19. The van der Waals surface area contributed by atoms with Gasteiger partial charge < -0.3 is 80.5 Å². The minimum absolute atomic E-state index is 0.00388. The maximum absolute atomic E-state index is 14.8. The number of Topliss-reactive ketones (excluding diaryl/α,β-unsaturated/α-hetero) is 1.